The molecule has 7 nitrogen and oxygen atoms in total. The standard InChI is InChI=1S/C21H20N2O5S2/c1-14-2-5-16(6-3-14)30(25,26)11-8-20(24)23-21-22-17(13-29-21)15-4-7-18-19(12-15)28-10-9-27-18/h2-7,12-13H,8-11H2,1H3,(H,22,23,24). The Morgan fingerprint density at radius 1 is 1.10 bits per heavy atom. The number of aromatic nitrogens is 1. The molecule has 1 amide bonds. The number of rotatable bonds is 6. The van der Waals surface area contributed by atoms with Crippen LogP contribution in [-0.4, -0.2) is 38.3 Å². The molecule has 0 unspecified atom stereocenters. The van der Waals surface area contributed by atoms with Gasteiger partial charge < -0.3 is 14.8 Å². The number of fused-ring (bicyclic) bond motifs is 1. The third-order valence-electron chi connectivity index (χ3n) is 4.57. The Balaban J connectivity index is 1.38. The lowest BCUT2D eigenvalue weighted by molar-refractivity contribution is -0.115. The van der Waals surface area contributed by atoms with Crippen molar-refractivity contribution in [2.45, 2.75) is 18.2 Å². The van der Waals surface area contributed by atoms with Gasteiger partial charge in [0.2, 0.25) is 5.91 Å². The molecule has 0 saturated carbocycles. The average Bonchev–Trinajstić information content (AvgIpc) is 3.21. The third kappa shape index (κ3) is 4.63. The summed E-state index contributed by atoms with van der Waals surface area (Å²) < 4.78 is 35.9. The molecule has 0 fully saturated rings. The molecular weight excluding hydrogens is 424 g/mol. The van der Waals surface area contributed by atoms with E-state index in [1.54, 1.807) is 24.3 Å². The summed E-state index contributed by atoms with van der Waals surface area (Å²) in [6.07, 6.45) is -0.144. The molecule has 1 aliphatic heterocycles. The number of nitrogens with zero attached hydrogens (tertiary/aromatic N) is 1. The van der Waals surface area contributed by atoms with Crippen LogP contribution in [-0.2, 0) is 14.6 Å². The number of hydrogen-bond acceptors (Lipinski definition) is 7. The minimum Gasteiger partial charge on any atom is -0.486 e. The normalized spacial score (nSPS) is 13.1. The van der Waals surface area contributed by atoms with Crippen LogP contribution in [0.3, 0.4) is 0 Å². The van der Waals surface area contributed by atoms with Gasteiger partial charge in [0.05, 0.1) is 16.3 Å². The largest absolute Gasteiger partial charge is 0.486 e. The van der Waals surface area contributed by atoms with E-state index >= 15 is 0 Å². The Morgan fingerprint density at radius 3 is 2.60 bits per heavy atom. The summed E-state index contributed by atoms with van der Waals surface area (Å²) in [4.78, 5) is 16.9. The summed E-state index contributed by atoms with van der Waals surface area (Å²) in [5, 5.41) is 4.91. The lowest BCUT2D eigenvalue weighted by Crippen LogP contribution is -2.17. The number of nitrogens with one attached hydrogen (secondary N) is 1. The van der Waals surface area contributed by atoms with E-state index < -0.39 is 15.7 Å². The zero-order valence-corrected chi connectivity index (χ0v) is 17.9. The molecule has 2 aromatic carbocycles. The highest BCUT2D eigenvalue weighted by Crippen LogP contribution is 2.35. The Kier molecular flexibility index (Phi) is 5.74. The molecule has 1 N–H and O–H groups in total. The van der Waals surface area contributed by atoms with Crippen LogP contribution in [0.25, 0.3) is 11.3 Å². The number of anilines is 1. The van der Waals surface area contributed by atoms with Gasteiger partial charge in [-0.05, 0) is 37.3 Å². The van der Waals surface area contributed by atoms with Crippen LogP contribution in [0, 0.1) is 6.92 Å². The molecule has 30 heavy (non-hydrogen) atoms. The second-order valence-corrected chi connectivity index (χ2v) is 9.79. The van der Waals surface area contributed by atoms with Crippen molar-refractivity contribution in [2.24, 2.45) is 0 Å². The van der Waals surface area contributed by atoms with Crippen molar-refractivity contribution in [2.75, 3.05) is 24.3 Å². The van der Waals surface area contributed by atoms with Gasteiger partial charge in [0.25, 0.3) is 0 Å². The van der Waals surface area contributed by atoms with E-state index in [9.17, 15) is 13.2 Å². The van der Waals surface area contributed by atoms with E-state index in [0.29, 0.717) is 35.5 Å². The van der Waals surface area contributed by atoms with E-state index in [-0.39, 0.29) is 17.1 Å². The molecule has 0 spiro atoms. The molecule has 156 valence electrons. The fraction of sp³-hybridized carbons (Fsp3) is 0.238. The van der Waals surface area contributed by atoms with Crippen LogP contribution in [0.4, 0.5) is 5.13 Å². The molecule has 1 aliphatic rings. The number of benzene rings is 2. The first-order valence-corrected chi connectivity index (χ1v) is 11.9. The summed E-state index contributed by atoms with van der Waals surface area (Å²) in [5.74, 6) is 0.707. The number of ether oxygens (including phenoxy) is 2. The number of aryl methyl sites for hydroxylation is 1. The van der Waals surface area contributed by atoms with E-state index in [0.717, 1.165) is 11.1 Å². The third-order valence-corrected chi connectivity index (χ3v) is 7.06. The average molecular weight is 445 g/mol. The quantitative estimate of drug-likeness (QED) is 0.623. The van der Waals surface area contributed by atoms with Gasteiger partial charge in [-0.15, -0.1) is 11.3 Å². The molecule has 3 aromatic rings. The zero-order valence-electron chi connectivity index (χ0n) is 16.3. The topological polar surface area (TPSA) is 94.6 Å². The van der Waals surface area contributed by atoms with Crippen LogP contribution in [0.2, 0.25) is 0 Å². The molecule has 2 heterocycles. The molecule has 0 radical (unpaired) electrons. The van der Waals surface area contributed by atoms with E-state index in [1.807, 2.05) is 30.5 Å². The highest BCUT2D eigenvalue weighted by molar-refractivity contribution is 7.91. The maximum atomic E-state index is 12.4. The molecule has 1 aromatic heterocycles. The Labute approximate surface area is 178 Å². The van der Waals surface area contributed by atoms with Crippen LogP contribution in [0.1, 0.15) is 12.0 Å². The monoisotopic (exact) mass is 444 g/mol. The number of sulfone groups is 1. The lowest BCUT2D eigenvalue weighted by atomic mass is 10.1. The zero-order chi connectivity index (χ0) is 21.1. The predicted octanol–water partition coefficient (Wildman–Crippen LogP) is 3.69. The van der Waals surface area contributed by atoms with E-state index in [4.69, 9.17) is 9.47 Å². The first kappa shape index (κ1) is 20.4. The Hall–Kier alpha value is -2.91. The van der Waals surface area contributed by atoms with Crippen LogP contribution in [0.15, 0.2) is 52.7 Å². The SMILES string of the molecule is Cc1ccc(S(=O)(=O)CCC(=O)Nc2nc(-c3ccc4c(c3)OCCO4)cs2)cc1. The van der Waals surface area contributed by atoms with Gasteiger partial charge in [-0.1, -0.05) is 17.7 Å². The van der Waals surface area contributed by atoms with Gasteiger partial charge >= 0.3 is 0 Å². The van der Waals surface area contributed by atoms with Gasteiger partial charge in [0.1, 0.15) is 13.2 Å². The van der Waals surface area contributed by atoms with Crippen molar-refractivity contribution in [3.05, 3.63) is 53.4 Å². The highest BCUT2D eigenvalue weighted by atomic mass is 32.2. The summed E-state index contributed by atoms with van der Waals surface area (Å²) in [7, 11) is -3.51. The maximum Gasteiger partial charge on any atom is 0.227 e. The Morgan fingerprint density at radius 2 is 1.83 bits per heavy atom. The van der Waals surface area contributed by atoms with Gasteiger partial charge in [-0.2, -0.15) is 0 Å². The molecule has 0 bridgehead atoms. The lowest BCUT2D eigenvalue weighted by Gasteiger charge is -2.18. The minimum atomic E-state index is -3.51. The van der Waals surface area contributed by atoms with Crippen LogP contribution < -0.4 is 14.8 Å². The highest BCUT2D eigenvalue weighted by Gasteiger charge is 2.18. The van der Waals surface area contributed by atoms with Crippen molar-refractivity contribution in [3.8, 4) is 22.8 Å². The molecular formula is C21H20N2O5S2. The summed E-state index contributed by atoms with van der Waals surface area (Å²) in [5.41, 5.74) is 2.52. The van der Waals surface area contributed by atoms with Gasteiger partial charge in [-0.3, -0.25) is 4.79 Å². The summed E-state index contributed by atoms with van der Waals surface area (Å²) in [6.45, 7) is 2.91. The molecule has 0 aliphatic carbocycles. The van der Waals surface area contributed by atoms with Gasteiger partial charge in [0.15, 0.2) is 26.5 Å². The van der Waals surface area contributed by atoms with Crippen LogP contribution in [0.5, 0.6) is 11.5 Å². The number of amides is 1. The Bertz CT molecular complexity index is 1170. The fourth-order valence-electron chi connectivity index (χ4n) is 2.94. The smallest absolute Gasteiger partial charge is 0.227 e. The van der Waals surface area contributed by atoms with Crippen molar-refractivity contribution >= 4 is 32.2 Å². The summed E-state index contributed by atoms with van der Waals surface area (Å²) in [6, 6.07) is 12.2. The number of hydrogen-bond donors (Lipinski definition) is 1. The first-order valence-electron chi connectivity index (χ1n) is 9.35. The second-order valence-electron chi connectivity index (χ2n) is 6.83. The molecule has 4 rings (SSSR count). The van der Waals surface area contributed by atoms with E-state index in [1.165, 1.54) is 11.3 Å². The van der Waals surface area contributed by atoms with Crippen molar-refractivity contribution < 1.29 is 22.7 Å². The molecule has 0 saturated heterocycles. The number of thiazole rings is 1. The van der Waals surface area contributed by atoms with Gasteiger partial charge in [0, 0.05) is 17.4 Å². The van der Waals surface area contributed by atoms with Crippen molar-refractivity contribution in [3.63, 3.8) is 0 Å². The predicted molar refractivity (Wildman–Crippen MR) is 115 cm³/mol. The maximum absolute atomic E-state index is 12.4. The first-order chi connectivity index (χ1) is 14.4. The fourth-order valence-corrected chi connectivity index (χ4v) is 4.92. The number of carbonyl (C=O) groups excluding carboxylic acids is 1. The van der Waals surface area contributed by atoms with Crippen molar-refractivity contribution in [1.29, 1.82) is 0 Å². The minimum absolute atomic E-state index is 0.144. The van der Waals surface area contributed by atoms with Crippen molar-refractivity contribution in [1.82, 2.24) is 4.98 Å². The summed E-state index contributed by atoms with van der Waals surface area (Å²) >= 11 is 1.28. The molecule has 0 atom stereocenters. The molecule has 9 heteroatoms. The van der Waals surface area contributed by atoms with E-state index in [2.05, 4.69) is 10.3 Å². The number of carbonyl (C=O) groups is 1. The second kappa shape index (κ2) is 8.45. The van der Waals surface area contributed by atoms with Gasteiger partial charge in [-0.25, -0.2) is 13.4 Å². The van der Waals surface area contributed by atoms with Crippen LogP contribution >= 0.6 is 11.3 Å².